The molecular weight excluding hydrogens is 249 g/mol. The van der Waals surface area contributed by atoms with Crippen LogP contribution < -0.4 is 4.74 Å². The number of carbonyl (C=O) groups is 1. The summed E-state index contributed by atoms with van der Waals surface area (Å²) in [5.41, 5.74) is 0.221. The maximum absolute atomic E-state index is 13.1. The Kier molecular flexibility index (Phi) is 3.59. The normalized spacial score (nSPS) is 10.5. The van der Waals surface area contributed by atoms with E-state index in [-0.39, 0.29) is 18.0 Å². The summed E-state index contributed by atoms with van der Waals surface area (Å²) in [6, 6.07) is 3.86. The molecule has 0 aliphatic heterocycles. The van der Waals surface area contributed by atoms with Gasteiger partial charge >= 0.3 is 0 Å². The van der Waals surface area contributed by atoms with E-state index < -0.39 is 5.82 Å². The number of aromatic nitrogens is 3. The van der Waals surface area contributed by atoms with Gasteiger partial charge in [-0.15, -0.1) is 10.2 Å². The summed E-state index contributed by atoms with van der Waals surface area (Å²) in [6.07, 6.45) is 0. The number of ketones is 1. The summed E-state index contributed by atoms with van der Waals surface area (Å²) in [7, 11) is 1.82. The summed E-state index contributed by atoms with van der Waals surface area (Å²) in [4.78, 5) is 11.4. The van der Waals surface area contributed by atoms with Crippen LogP contribution in [0.25, 0.3) is 0 Å². The van der Waals surface area contributed by atoms with Gasteiger partial charge in [0.15, 0.2) is 11.6 Å². The summed E-state index contributed by atoms with van der Waals surface area (Å²) >= 11 is 0. The second-order valence-corrected chi connectivity index (χ2v) is 4.21. The van der Waals surface area contributed by atoms with Crippen LogP contribution in [0.5, 0.6) is 5.75 Å². The van der Waals surface area contributed by atoms with Gasteiger partial charge in [-0.3, -0.25) is 4.79 Å². The molecule has 1 aromatic carbocycles. The van der Waals surface area contributed by atoms with Crippen LogP contribution in [0.1, 0.15) is 28.9 Å². The lowest BCUT2D eigenvalue weighted by atomic mass is 10.1. The molecule has 19 heavy (non-hydrogen) atoms. The zero-order chi connectivity index (χ0) is 14.0. The minimum absolute atomic E-state index is 0.170. The molecule has 0 atom stereocenters. The van der Waals surface area contributed by atoms with Crippen LogP contribution in [-0.2, 0) is 13.7 Å². The van der Waals surface area contributed by atoms with Gasteiger partial charge in [0.2, 0.25) is 0 Å². The Balaban J connectivity index is 2.20. The molecule has 0 saturated carbocycles. The molecule has 0 aliphatic rings. The maximum atomic E-state index is 13.1. The highest BCUT2D eigenvalue weighted by Gasteiger charge is 2.12. The molecular formula is C13H14FN3O2. The van der Waals surface area contributed by atoms with E-state index in [2.05, 4.69) is 10.2 Å². The quantitative estimate of drug-likeness (QED) is 0.792. The summed E-state index contributed by atoms with van der Waals surface area (Å²) in [5, 5.41) is 7.86. The van der Waals surface area contributed by atoms with Crippen molar-refractivity contribution < 1.29 is 13.9 Å². The van der Waals surface area contributed by atoms with Crippen molar-refractivity contribution in [3.8, 4) is 5.75 Å². The first-order chi connectivity index (χ1) is 8.99. The van der Waals surface area contributed by atoms with Crippen LogP contribution in [0.4, 0.5) is 4.39 Å². The predicted molar refractivity (Wildman–Crippen MR) is 66.5 cm³/mol. The third-order valence-corrected chi connectivity index (χ3v) is 2.86. The first kappa shape index (κ1) is 13.2. The highest BCUT2D eigenvalue weighted by Crippen LogP contribution is 2.21. The fraction of sp³-hybridized carbons (Fsp3) is 0.308. The van der Waals surface area contributed by atoms with Crippen LogP contribution in [0.3, 0.4) is 0 Å². The number of aryl methyl sites for hydroxylation is 1. The van der Waals surface area contributed by atoms with E-state index in [9.17, 15) is 9.18 Å². The number of hydrogen-bond donors (Lipinski definition) is 0. The Morgan fingerprint density at radius 2 is 2.16 bits per heavy atom. The van der Waals surface area contributed by atoms with Crippen LogP contribution in [0, 0.1) is 12.7 Å². The molecule has 0 radical (unpaired) electrons. The van der Waals surface area contributed by atoms with Crippen molar-refractivity contribution in [2.45, 2.75) is 20.5 Å². The number of rotatable bonds is 4. The Labute approximate surface area is 110 Å². The molecule has 0 amide bonds. The third kappa shape index (κ3) is 2.78. The Hall–Kier alpha value is -2.24. The fourth-order valence-corrected chi connectivity index (χ4v) is 1.62. The van der Waals surface area contributed by atoms with Crippen molar-refractivity contribution in [3.63, 3.8) is 0 Å². The lowest BCUT2D eigenvalue weighted by Gasteiger charge is -2.09. The molecule has 2 rings (SSSR count). The van der Waals surface area contributed by atoms with Gasteiger partial charge in [0, 0.05) is 7.05 Å². The van der Waals surface area contributed by atoms with E-state index in [1.807, 2.05) is 14.0 Å². The van der Waals surface area contributed by atoms with E-state index >= 15 is 0 Å². The van der Waals surface area contributed by atoms with E-state index in [0.717, 1.165) is 5.82 Å². The molecule has 1 heterocycles. The molecule has 0 saturated heterocycles. The molecule has 5 nitrogen and oxygen atoms in total. The number of hydrogen-bond acceptors (Lipinski definition) is 4. The molecule has 0 spiro atoms. The van der Waals surface area contributed by atoms with E-state index in [1.165, 1.54) is 25.1 Å². The van der Waals surface area contributed by atoms with Gasteiger partial charge in [-0.25, -0.2) is 4.39 Å². The molecule has 0 bridgehead atoms. The van der Waals surface area contributed by atoms with Gasteiger partial charge in [-0.2, -0.15) is 0 Å². The molecule has 0 unspecified atom stereocenters. The first-order valence-corrected chi connectivity index (χ1v) is 5.77. The first-order valence-electron chi connectivity index (χ1n) is 5.77. The summed E-state index contributed by atoms with van der Waals surface area (Å²) in [6.45, 7) is 3.37. The monoisotopic (exact) mass is 263 g/mol. The van der Waals surface area contributed by atoms with Crippen LogP contribution in [0.15, 0.2) is 18.2 Å². The average molecular weight is 263 g/mol. The number of benzene rings is 1. The van der Waals surface area contributed by atoms with Crippen molar-refractivity contribution in [1.29, 1.82) is 0 Å². The topological polar surface area (TPSA) is 57.0 Å². The number of Topliss-reactive ketones (excluding diaryl/α,β-unsaturated/α-hetero) is 1. The maximum Gasteiger partial charge on any atom is 0.170 e. The minimum atomic E-state index is -0.466. The largest absolute Gasteiger partial charge is 0.485 e. The SMILES string of the molecule is CC(=O)c1cc(F)ccc1OCc1nnc(C)n1C. The second-order valence-electron chi connectivity index (χ2n) is 4.21. The molecule has 1 aromatic heterocycles. The Morgan fingerprint density at radius 1 is 1.42 bits per heavy atom. The van der Waals surface area contributed by atoms with E-state index in [1.54, 1.807) is 4.57 Å². The van der Waals surface area contributed by atoms with Gasteiger partial charge in [0.1, 0.15) is 24.0 Å². The fourth-order valence-electron chi connectivity index (χ4n) is 1.62. The summed E-state index contributed by atoms with van der Waals surface area (Å²) in [5.74, 6) is 1.03. The number of ether oxygens (including phenoxy) is 1. The van der Waals surface area contributed by atoms with Crippen LogP contribution >= 0.6 is 0 Å². The lowest BCUT2D eigenvalue weighted by Crippen LogP contribution is -2.07. The zero-order valence-corrected chi connectivity index (χ0v) is 11.0. The predicted octanol–water partition coefficient (Wildman–Crippen LogP) is 2.04. The standard InChI is InChI=1S/C13H14FN3O2/c1-8(18)11-6-10(14)4-5-12(11)19-7-13-16-15-9(2)17(13)3/h4-6H,7H2,1-3H3. The summed E-state index contributed by atoms with van der Waals surface area (Å²) < 4.78 is 20.4. The zero-order valence-electron chi connectivity index (χ0n) is 11.0. The van der Waals surface area contributed by atoms with E-state index in [0.29, 0.717) is 11.6 Å². The van der Waals surface area contributed by atoms with E-state index in [4.69, 9.17) is 4.74 Å². The molecule has 0 N–H and O–H groups in total. The van der Waals surface area contributed by atoms with Gasteiger partial charge in [0.25, 0.3) is 0 Å². The van der Waals surface area contributed by atoms with Gasteiger partial charge < -0.3 is 9.30 Å². The number of nitrogens with zero attached hydrogens (tertiary/aromatic N) is 3. The third-order valence-electron chi connectivity index (χ3n) is 2.86. The minimum Gasteiger partial charge on any atom is -0.485 e. The highest BCUT2D eigenvalue weighted by atomic mass is 19.1. The van der Waals surface area contributed by atoms with Crippen molar-refractivity contribution in [1.82, 2.24) is 14.8 Å². The van der Waals surface area contributed by atoms with Gasteiger partial charge in [0.05, 0.1) is 5.56 Å². The smallest absolute Gasteiger partial charge is 0.170 e. The number of halogens is 1. The molecule has 2 aromatic rings. The number of carbonyl (C=O) groups excluding carboxylic acids is 1. The van der Waals surface area contributed by atoms with Crippen molar-refractivity contribution in [2.24, 2.45) is 7.05 Å². The van der Waals surface area contributed by atoms with Gasteiger partial charge in [-0.05, 0) is 32.0 Å². The van der Waals surface area contributed by atoms with Crippen LogP contribution in [0.2, 0.25) is 0 Å². The Morgan fingerprint density at radius 3 is 2.74 bits per heavy atom. The average Bonchev–Trinajstić information content (AvgIpc) is 2.68. The van der Waals surface area contributed by atoms with Crippen molar-refractivity contribution in [2.75, 3.05) is 0 Å². The second kappa shape index (κ2) is 5.17. The van der Waals surface area contributed by atoms with Crippen molar-refractivity contribution >= 4 is 5.78 Å². The lowest BCUT2D eigenvalue weighted by molar-refractivity contribution is 0.101. The molecule has 100 valence electrons. The Bertz CT molecular complexity index is 622. The van der Waals surface area contributed by atoms with Crippen molar-refractivity contribution in [3.05, 3.63) is 41.2 Å². The van der Waals surface area contributed by atoms with Crippen LogP contribution in [-0.4, -0.2) is 20.5 Å². The highest BCUT2D eigenvalue weighted by molar-refractivity contribution is 5.96. The molecule has 0 aliphatic carbocycles. The molecule has 0 fully saturated rings. The molecule has 6 heteroatoms. The van der Waals surface area contributed by atoms with Gasteiger partial charge in [-0.1, -0.05) is 0 Å².